The van der Waals surface area contributed by atoms with Crippen molar-refractivity contribution in [3.05, 3.63) is 12.2 Å². The first-order valence-corrected chi connectivity index (χ1v) is 3.65. The molecule has 0 fully saturated rings. The van der Waals surface area contributed by atoms with Crippen molar-refractivity contribution in [2.45, 2.75) is 19.8 Å². The van der Waals surface area contributed by atoms with Crippen molar-refractivity contribution in [1.82, 2.24) is 0 Å². The SMILES string of the molecule is CC(=O)OCCCC=CC(=O)O. The predicted molar refractivity (Wildman–Crippen MR) is 42.6 cm³/mol. The summed E-state index contributed by atoms with van der Waals surface area (Å²) in [7, 11) is 0. The molecule has 0 aliphatic carbocycles. The van der Waals surface area contributed by atoms with Crippen molar-refractivity contribution >= 4 is 11.9 Å². The molecule has 0 heterocycles. The third-order valence-electron chi connectivity index (χ3n) is 1.08. The molecule has 0 aromatic carbocycles. The molecule has 0 radical (unpaired) electrons. The van der Waals surface area contributed by atoms with Crippen molar-refractivity contribution in [2.75, 3.05) is 6.61 Å². The maximum atomic E-state index is 10.3. The lowest BCUT2D eigenvalue weighted by atomic mass is 10.3. The van der Waals surface area contributed by atoms with Gasteiger partial charge in [0.15, 0.2) is 0 Å². The van der Waals surface area contributed by atoms with Gasteiger partial charge in [0, 0.05) is 13.0 Å². The molecule has 4 nitrogen and oxygen atoms in total. The van der Waals surface area contributed by atoms with E-state index in [-0.39, 0.29) is 5.97 Å². The number of carboxylic acids is 1. The summed E-state index contributed by atoms with van der Waals surface area (Å²) < 4.78 is 4.63. The summed E-state index contributed by atoms with van der Waals surface area (Å²) in [5.74, 6) is -1.26. The van der Waals surface area contributed by atoms with Gasteiger partial charge in [-0.3, -0.25) is 4.79 Å². The first kappa shape index (κ1) is 10.7. The molecule has 0 aliphatic rings. The van der Waals surface area contributed by atoms with E-state index in [4.69, 9.17) is 5.11 Å². The second-order valence-electron chi connectivity index (χ2n) is 2.22. The Balaban J connectivity index is 3.21. The highest BCUT2D eigenvalue weighted by atomic mass is 16.5. The smallest absolute Gasteiger partial charge is 0.327 e. The van der Waals surface area contributed by atoms with Gasteiger partial charge in [-0.25, -0.2) is 4.79 Å². The van der Waals surface area contributed by atoms with Gasteiger partial charge in [-0.1, -0.05) is 6.08 Å². The van der Waals surface area contributed by atoms with Crippen molar-refractivity contribution in [3.63, 3.8) is 0 Å². The normalized spacial score (nSPS) is 10.1. The average molecular weight is 172 g/mol. The van der Waals surface area contributed by atoms with Crippen LogP contribution >= 0.6 is 0 Å². The lowest BCUT2D eigenvalue weighted by Crippen LogP contribution is -1.99. The van der Waals surface area contributed by atoms with Crippen LogP contribution in [0.5, 0.6) is 0 Å². The number of aliphatic carboxylic acids is 1. The summed E-state index contributed by atoms with van der Waals surface area (Å²) in [4.78, 5) is 20.2. The second-order valence-corrected chi connectivity index (χ2v) is 2.22. The topological polar surface area (TPSA) is 63.6 Å². The largest absolute Gasteiger partial charge is 0.478 e. The number of rotatable bonds is 5. The van der Waals surface area contributed by atoms with Crippen molar-refractivity contribution in [3.8, 4) is 0 Å². The molecule has 0 atom stereocenters. The molecule has 0 aromatic heterocycles. The van der Waals surface area contributed by atoms with Crippen LogP contribution in [0.3, 0.4) is 0 Å². The molecular formula is C8H12O4. The minimum Gasteiger partial charge on any atom is -0.478 e. The summed E-state index contributed by atoms with van der Waals surface area (Å²) in [5, 5.41) is 8.19. The summed E-state index contributed by atoms with van der Waals surface area (Å²) >= 11 is 0. The third kappa shape index (κ3) is 8.68. The number of carbonyl (C=O) groups is 2. The van der Waals surface area contributed by atoms with Gasteiger partial charge in [0.2, 0.25) is 0 Å². The molecular weight excluding hydrogens is 160 g/mol. The Bertz CT molecular complexity index is 183. The number of allylic oxidation sites excluding steroid dienone is 1. The number of esters is 1. The highest BCUT2D eigenvalue weighted by Crippen LogP contribution is 1.92. The van der Waals surface area contributed by atoms with Crippen LogP contribution < -0.4 is 0 Å². The molecule has 4 heteroatoms. The van der Waals surface area contributed by atoms with Crippen LogP contribution in [0, 0.1) is 0 Å². The van der Waals surface area contributed by atoms with E-state index in [0.29, 0.717) is 19.4 Å². The first-order chi connectivity index (χ1) is 5.63. The summed E-state index contributed by atoms with van der Waals surface area (Å²) in [5.41, 5.74) is 0. The van der Waals surface area contributed by atoms with E-state index in [1.165, 1.54) is 13.0 Å². The van der Waals surface area contributed by atoms with Gasteiger partial charge in [0.25, 0.3) is 0 Å². The van der Waals surface area contributed by atoms with Gasteiger partial charge in [-0.15, -0.1) is 0 Å². The molecule has 0 unspecified atom stereocenters. The maximum absolute atomic E-state index is 10.3. The molecule has 12 heavy (non-hydrogen) atoms. The van der Waals surface area contributed by atoms with E-state index in [2.05, 4.69) is 4.74 Å². The third-order valence-corrected chi connectivity index (χ3v) is 1.08. The quantitative estimate of drug-likeness (QED) is 0.381. The number of unbranched alkanes of at least 4 members (excludes halogenated alkanes) is 1. The Labute approximate surface area is 70.8 Å². The van der Waals surface area contributed by atoms with Crippen molar-refractivity contribution in [2.24, 2.45) is 0 Å². The van der Waals surface area contributed by atoms with Gasteiger partial charge < -0.3 is 9.84 Å². The van der Waals surface area contributed by atoms with Crippen LogP contribution in [-0.4, -0.2) is 23.7 Å². The Kier molecular flexibility index (Phi) is 5.69. The summed E-state index contributed by atoms with van der Waals surface area (Å²) in [6.45, 7) is 1.69. The van der Waals surface area contributed by atoms with Crippen molar-refractivity contribution < 1.29 is 19.4 Å². The Morgan fingerprint density at radius 1 is 1.50 bits per heavy atom. The zero-order valence-electron chi connectivity index (χ0n) is 6.95. The van der Waals surface area contributed by atoms with E-state index in [1.54, 1.807) is 0 Å². The van der Waals surface area contributed by atoms with E-state index < -0.39 is 5.97 Å². The van der Waals surface area contributed by atoms with Gasteiger partial charge in [-0.2, -0.15) is 0 Å². The van der Waals surface area contributed by atoms with Crippen LogP contribution in [-0.2, 0) is 14.3 Å². The highest BCUT2D eigenvalue weighted by molar-refractivity contribution is 5.79. The molecule has 0 spiro atoms. The van der Waals surface area contributed by atoms with Crippen LogP contribution in [0.15, 0.2) is 12.2 Å². The van der Waals surface area contributed by atoms with E-state index in [1.807, 2.05) is 0 Å². The predicted octanol–water partition coefficient (Wildman–Crippen LogP) is 0.970. The first-order valence-electron chi connectivity index (χ1n) is 3.65. The molecule has 0 rings (SSSR count). The van der Waals surface area contributed by atoms with Crippen molar-refractivity contribution in [1.29, 1.82) is 0 Å². The highest BCUT2D eigenvalue weighted by Gasteiger charge is 1.90. The van der Waals surface area contributed by atoms with Gasteiger partial charge >= 0.3 is 11.9 Å². The molecule has 1 N–H and O–H groups in total. The minimum atomic E-state index is -0.956. The van der Waals surface area contributed by atoms with Crippen LogP contribution in [0.2, 0.25) is 0 Å². The van der Waals surface area contributed by atoms with Crippen LogP contribution in [0.1, 0.15) is 19.8 Å². The number of carbonyl (C=O) groups excluding carboxylic acids is 1. The zero-order chi connectivity index (χ0) is 9.40. The number of ether oxygens (including phenoxy) is 1. The fourth-order valence-electron chi connectivity index (χ4n) is 0.601. The van der Waals surface area contributed by atoms with E-state index in [0.717, 1.165) is 6.08 Å². The lowest BCUT2D eigenvalue weighted by Gasteiger charge is -1.97. The van der Waals surface area contributed by atoms with E-state index >= 15 is 0 Å². The second kappa shape index (κ2) is 6.39. The summed E-state index contributed by atoms with van der Waals surface area (Å²) in [6.07, 6.45) is 3.88. The van der Waals surface area contributed by atoms with Gasteiger partial charge in [-0.05, 0) is 12.8 Å². The van der Waals surface area contributed by atoms with Gasteiger partial charge in [0.1, 0.15) is 0 Å². The van der Waals surface area contributed by atoms with Gasteiger partial charge in [0.05, 0.1) is 6.61 Å². The van der Waals surface area contributed by atoms with Crippen LogP contribution in [0.25, 0.3) is 0 Å². The molecule has 0 saturated carbocycles. The average Bonchev–Trinajstić information content (AvgIpc) is 1.95. The number of hydrogen-bond donors (Lipinski definition) is 1. The maximum Gasteiger partial charge on any atom is 0.327 e. The Morgan fingerprint density at radius 2 is 2.17 bits per heavy atom. The standard InChI is InChI=1S/C8H12O4/c1-7(9)12-6-4-2-3-5-8(10)11/h3,5H,2,4,6H2,1H3,(H,10,11). The lowest BCUT2D eigenvalue weighted by molar-refractivity contribution is -0.141. The molecule has 0 aliphatic heterocycles. The Morgan fingerprint density at radius 3 is 2.67 bits per heavy atom. The fraction of sp³-hybridized carbons (Fsp3) is 0.500. The number of hydrogen-bond acceptors (Lipinski definition) is 3. The minimum absolute atomic E-state index is 0.308. The molecule has 0 aromatic rings. The summed E-state index contributed by atoms with van der Waals surface area (Å²) in [6, 6.07) is 0. The molecule has 0 amide bonds. The molecule has 0 saturated heterocycles. The molecule has 68 valence electrons. The fourth-order valence-corrected chi connectivity index (χ4v) is 0.601. The van der Waals surface area contributed by atoms with E-state index in [9.17, 15) is 9.59 Å². The Hall–Kier alpha value is -1.32. The monoisotopic (exact) mass is 172 g/mol. The molecule has 0 bridgehead atoms. The number of carboxylic acid groups (broad SMARTS) is 1. The zero-order valence-corrected chi connectivity index (χ0v) is 6.95. The van der Waals surface area contributed by atoms with Crippen LogP contribution in [0.4, 0.5) is 0 Å².